The summed E-state index contributed by atoms with van der Waals surface area (Å²) in [6, 6.07) is 0.139. The quantitative estimate of drug-likeness (QED) is 0.640. The van der Waals surface area contributed by atoms with Crippen molar-refractivity contribution in [3.8, 4) is 0 Å². The summed E-state index contributed by atoms with van der Waals surface area (Å²) in [5, 5.41) is 0. The summed E-state index contributed by atoms with van der Waals surface area (Å²) in [5.74, 6) is 0.0191. The first-order valence-corrected chi connectivity index (χ1v) is 5.49. The molecule has 1 unspecified atom stereocenters. The third-order valence-electron chi connectivity index (χ3n) is 2.72. The molecular weight excluding hydrogens is 194 g/mol. The zero-order valence-electron chi connectivity index (χ0n) is 9.49. The first-order valence-electron chi connectivity index (χ1n) is 5.49. The Bertz CT molecular complexity index is 234. The number of nitrogens with zero attached hydrogens (tertiary/aromatic N) is 1. The molecule has 1 rings (SSSR count). The van der Waals surface area contributed by atoms with Crippen molar-refractivity contribution in [2.24, 2.45) is 0 Å². The molecule has 1 aliphatic rings. The molecule has 0 aromatic carbocycles. The van der Waals surface area contributed by atoms with Gasteiger partial charge in [0.15, 0.2) is 0 Å². The Hall–Kier alpha value is -0.900. The van der Waals surface area contributed by atoms with E-state index in [2.05, 4.69) is 6.92 Å². The van der Waals surface area contributed by atoms with Crippen LogP contribution in [0.25, 0.3) is 0 Å². The molecule has 1 aliphatic heterocycles. The smallest absolute Gasteiger partial charge is 0.230 e. The van der Waals surface area contributed by atoms with Gasteiger partial charge < -0.3 is 9.64 Å². The summed E-state index contributed by atoms with van der Waals surface area (Å²) in [5.41, 5.74) is 0. The lowest BCUT2D eigenvalue weighted by molar-refractivity contribution is -0.142. The number of methoxy groups -OCH3 is 1. The van der Waals surface area contributed by atoms with E-state index in [0.717, 1.165) is 12.8 Å². The number of rotatable bonds is 5. The van der Waals surface area contributed by atoms with Gasteiger partial charge in [-0.25, -0.2) is 0 Å². The molecule has 0 spiro atoms. The van der Waals surface area contributed by atoms with Gasteiger partial charge in [0, 0.05) is 20.1 Å². The highest BCUT2D eigenvalue weighted by Gasteiger charge is 2.28. The first-order chi connectivity index (χ1) is 7.19. The van der Waals surface area contributed by atoms with Gasteiger partial charge in [-0.05, 0) is 6.42 Å². The highest BCUT2D eigenvalue weighted by Crippen LogP contribution is 2.15. The Kier molecular flexibility index (Phi) is 4.75. The summed E-state index contributed by atoms with van der Waals surface area (Å²) in [6.07, 6.45) is 2.53. The van der Waals surface area contributed by atoms with Crippen molar-refractivity contribution < 1.29 is 14.3 Å². The van der Waals surface area contributed by atoms with Crippen LogP contribution in [0.4, 0.5) is 0 Å². The predicted octanol–water partition coefficient (Wildman–Crippen LogP) is 0.993. The molecule has 1 amide bonds. The molecule has 15 heavy (non-hydrogen) atoms. The first kappa shape index (κ1) is 12.2. The van der Waals surface area contributed by atoms with Crippen molar-refractivity contribution in [1.82, 2.24) is 4.90 Å². The van der Waals surface area contributed by atoms with Gasteiger partial charge in [0.25, 0.3) is 0 Å². The van der Waals surface area contributed by atoms with E-state index in [4.69, 9.17) is 4.74 Å². The highest BCUT2D eigenvalue weighted by molar-refractivity contribution is 6.00. The van der Waals surface area contributed by atoms with Crippen LogP contribution in [0.2, 0.25) is 0 Å². The number of likely N-dealkylation sites (tertiary alicyclic amines) is 1. The molecule has 0 aromatic rings. The second kappa shape index (κ2) is 5.85. The minimum atomic E-state index is -0.0400. The van der Waals surface area contributed by atoms with Crippen LogP contribution in [0.3, 0.4) is 0 Å². The zero-order valence-corrected chi connectivity index (χ0v) is 9.49. The summed E-state index contributed by atoms with van der Waals surface area (Å²) < 4.78 is 5.11. The number of hydrogen-bond donors (Lipinski definition) is 0. The van der Waals surface area contributed by atoms with Gasteiger partial charge in [-0.3, -0.25) is 9.59 Å². The Labute approximate surface area is 90.6 Å². The molecule has 0 aromatic heterocycles. The lowest BCUT2D eigenvalue weighted by Gasteiger charge is -2.33. The van der Waals surface area contributed by atoms with E-state index in [1.165, 1.54) is 0 Å². The van der Waals surface area contributed by atoms with Crippen LogP contribution in [0.5, 0.6) is 0 Å². The molecule has 0 bridgehead atoms. The molecule has 0 radical (unpaired) electrons. The number of carbonyl (C=O) groups excluding carboxylic acids is 2. The third kappa shape index (κ3) is 3.30. The fraction of sp³-hybridized carbons (Fsp3) is 0.818. The van der Waals surface area contributed by atoms with Crippen molar-refractivity contribution in [2.75, 3.05) is 20.3 Å². The second-order valence-corrected chi connectivity index (χ2v) is 3.95. The van der Waals surface area contributed by atoms with Crippen molar-refractivity contribution >= 4 is 11.7 Å². The average Bonchev–Trinajstić information content (AvgIpc) is 2.17. The number of carbonyl (C=O) groups is 2. The van der Waals surface area contributed by atoms with E-state index in [0.29, 0.717) is 19.6 Å². The van der Waals surface area contributed by atoms with Crippen molar-refractivity contribution in [3.05, 3.63) is 0 Å². The van der Waals surface area contributed by atoms with Gasteiger partial charge in [0.2, 0.25) is 5.91 Å². The zero-order chi connectivity index (χ0) is 11.3. The largest absolute Gasteiger partial charge is 0.383 e. The molecule has 1 atom stereocenters. The third-order valence-corrected chi connectivity index (χ3v) is 2.72. The van der Waals surface area contributed by atoms with Crippen LogP contribution in [-0.4, -0.2) is 42.9 Å². The number of ketones is 1. The summed E-state index contributed by atoms with van der Waals surface area (Å²) >= 11 is 0. The maximum atomic E-state index is 11.6. The van der Waals surface area contributed by atoms with E-state index in [-0.39, 0.29) is 24.2 Å². The predicted molar refractivity (Wildman–Crippen MR) is 56.5 cm³/mol. The van der Waals surface area contributed by atoms with Crippen LogP contribution in [0.1, 0.15) is 32.6 Å². The summed E-state index contributed by atoms with van der Waals surface area (Å²) in [6.45, 7) is 3.21. The van der Waals surface area contributed by atoms with Crippen LogP contribution >= 0.6 is 0 Å². The number of hydrogen-bond acceptors (Lipinski definition) is 3. The molecule has 4 heteroatoms. The topological polar surface area (TPSA) is 46.6 Å². The van der Waals surface area contributed by atoms with Crippen molar-refractivity contribution in [3.63, 3.8) is 0 Å². The standard InChI is InChI=1S/C11H19NO3/c1-3-4-9(8-15-2)12-6-5-10(13)7-11(12)14/h9H,3-8H2,1-2H3. The Balaban J connectivity index is 2.57. The molecule has 86 valence electrons. The molecular formula is C11H19NO3. The van der Waals surface area contributed by atoms with Gasteiger partial charge in [0.05, 0.1) is 19.1 Å². The Morgan fingerprint density at radius 1 is 1.47 bits per heavy atom. The number of piperidine rings is 1. The molecule has 0 saturated carbocycles. The van der Waals surface area contributed by atoms with Gasteiger partial charge in [-0.15, -0.1) is 0 Å². The maximum absolute atomic E-state index is 11.6. The van der Waals surface area contributed by atoms with Crippen LogP contribution in [0.15, 0.2) is 0 Å². The van der Waals surface area contributed by atoms with Crippen LogP contribution < -0.4 is 0 Å². The molecule has 1 saturated heterocycles. The normalized spacial score (nSPS) is 19.5. The lowest BCUT2D eigenvalue weighted by Crippen LogP contribution is -2.47. The monoisotopic (exact) mass is 213 g/mol. The molecule has 1 fully saturated rings. The SMILES string of the molecule is CCCC(COC)N1CCC(=O)CC1=O. The van der Waals surface area contributed by atoms with Crippen molar-refractivity contribution in [2.45, 2.75) is 38.6 Å². The van der Waals surface area contributed by atoms with E-state index in [1.54, 1.807) is 12.0 Å². The molecule has 0 aliphatic carbocycles. The maximum Gasteiger partial charge on any atom is 0.230 e. The van der Waals surface area contributed by atoms with Crippen LogP contribution in [-0.2, 0) is 14.3 Å². The van der Waals surface area contributed by atoms with Gasteiger partial charge in [0.1, 0.15) is 5.78 Å². The fourth-order valence-corrected chi connectivity index (χ4v) is 1.97. The van der Waals surface area contributed by atoms with E-state index in [1.807, 2.05) is 0 Å². The molecule has 1 heterocycles. The number of ether oxygens (including phenoxy) is 1. The Morgan fingerprint density at radius 3 is 2.73 bits per heavy atom. The van der Waals surface area contributed by atoms with Crippen LogP contribution in [0, 0.1) is 0 Å². The number of amides is 1. The minimum Gasteiger partial charge on any atom is -0.383 e. The van der Waals surface area contributed by atoms with E-state index >= 15 is 0 Å². The fourth-order valence-electron chi connectivity index (χ4n) is 1.97. The molecule has 0 N–H and O–H groups in total. The molecule has 4 nitrogen and oxygen atoms in total. The van der Waals surface area contributed by atoms with E-state index in [9.17, 15) is 9.59 Å². The number of Topliss-reactive ketones (excluding diaryl/α,β-unsaturated/α-hetero) is 1. The average molecular weight is 213 g/mol. The van der Waals surface area contributed by atoms with Gasteiger partial charge in [-0.2, -0.15) is 0 Å². The van der Waals surface area contributed by atoms with E-state index < -0.39 is 0 Å². The van der Waals surface area contributed by atoms with Gasteiger partial charge >= 0.3 is 0 Å². The summed E-state index contributed by atoms with van der Waals surface area (Å²) in [7, 11) is 1.64. The summed E-state index contributed by atoms with van der Waals surface area (Å²) in [4.78, 5) is 24.5. The highest BCUT2D eigenvalue weighted by atomic mass is 16.5. The second-order valence-electron chi connectivity index (χ2n) is 3.95. The van der Waals surface area contributed by atoms with Crippen molar-refractivity contribution in [1.29, 1.82) is 0 Å². The lowest BCUT2D eigenvalue weighted by atomic mass is 10.0. The minimum absolute atomic E-state index is 0.0400. The Morgan fingerprint density at radius 2 is 2.20 bits per heavy atom. The van der Waals surface area contributed by atoms with Gasteiger partial charge in [-0.1, -0.05) is 13.3 Å².